The van der Waals surface area contributed by atoms with Gasteiger partial charge >= 0.3 is 0 Å². The van der Waals surface area contributed by atoms with Gasteiger partial charge in [0.15, 0.2) is 0 Å². The van der Waals surface area contributed by atoms with Crippen LogP contribution in [0.2, 0.25) is 10.0 Å². The lowest BCUT2D eigenvalue weighted by Gasteiger charge is -2.22. The average Bonchev–Trinajstić information content (AvgIpc) is 3.24. The van der Waals surface area contributed by atoms with E-state index in [0.717, 1.165) is 27.3 Å². The van der Waals surface area contributed by atoms with Crippen LogP contribution in [0.15, 0.2) is 57.9 Å². The van der Waals surface area contributed by atoms with Gasteiger partial charge in [-0.1, -0.05) is 72.8 Å². The quantitative estimate of drug-likeness (QED) is 0.245. The fraction of sp³-hybridized carbons (Fsp3) is 0.385. The molecular weight excluding hydrogens is 473 g/mol. The topological polar surface area (TPSA) is 38.9 Å². The average molecular weight is 503 g/mol. The molecule has 1 saturated carbocycles. The molecule has 3 aromatic rings. The molecule has 4 nitrogen and oxygen atoms in total. The van der Waals surface area contributed by atoms with Gasteiger partial charge in [-0.2, -0.15) is 5.10 Å². The second-order valence-electron chi connectivity index (χ2n) is 8.36. The normalized spacial score (nSPS) is 15.9. The van der Waals surface area contributed by atoms with Gasteiger partial charge < -0.3 is 4.74 Å². The van der Waals surface area contributed by atoms with Gasteiger partial charge in [-0.25, -0.2) is 4.68 Å². The molecule has 1 heterocycles. The minimum absolute atomic E-state index is 0.516. The zero-order valence-electron chi connectivity index (χ0n) is 19.1. The molecule has 0 N–H and O–H groups in total. The molecule has 1 aromatic heterocycles. The molecule has 0 bridgehead atoms. The Morgan fingerprint density at radius 1 is 1.06 bits per heavy atom. The first kappa shape index (κ1) is 24.2. The molecule has 0 unspecified atom stereocenters. The van der Waals surface area contributed by atoms with E-state index in [1.807, 2.05) is 23.7 Å². The first-order valence-corrected chi connectivity index (χ1v) is 13.0. The summed E-state index contributed by atoms with van der Waals surface area (Å²) in [5.74, 6) is 0.692. The first-order valence-electron chi connectivity index (χ1n) is 11.4. The van der Waals surface area contributed by atoms with E-state index in [1.54, 1.807) is 24.5 Å². The molecule has 1 aliphatic rings. The third-order valence-corrected chi connectivity index (χ3v) is 7.69. The molecule has 0 saturated heterocycles. The van der Waals surface area contributed by atoms with Crippen molar-refractivity contribution in [3.63, 3.8) is 0 Å². The van der Waals surface area contributed by atoms with Crippen molar-refractivity contribution in [1.29, 1.82) is 0 Å². The van der Waals surface area contributed by atoms with Gasteiger partial charge in [0.05, 0.1) is 34.6 Å². The lowest BCUT2D eigenvalue weighted by Crippen LogP contribution is -2.15. The highest BCUT2D eigenvalue weighted by Crippen LogP contribution is 2.33. The molecule has 0 amide bonds. The molecule has 4 rings (SSSR count). The summed E-state index contributed by atoms with van der Waals surface area (Å²) in [6.07, 6.45) is 6.65. The van der Waals surface area contributed by atoms with Crippen molar-refractivity contribution < 1.29 is 4.74 Å². The van der Waals surface area contributed by atoms with Crippen molar-refractivity contribution in [2.75, 3.05) is 20.3 Å². The maximum absolute atomic E-state index is 6.24. The van der Waals surface area contributed by atoms with Gasteiger partial charge in [0.2, 0.25) is 4.80 Å². The largest absolute Gasteiger partial charge is 0.383 e. The van der Waals surface area contributed by atoms with Crippen molar-refractivity contribution in [1.82, 2.24) is 4.68 Å². The van der Waals surface area contributed by atoms with Crippen LogP contribution in [0.1, 0.15) is 56.1 Å². The monoisotopic (exact) mass is 501 g/mol. The summed E-state index contributed by atoms with van der Waals surface area (Å²) >= 11 is 13.9. The molecule has 2 aromatic carbocycles. The summed E-state index contributed by atoms with van der Waals surface area (Å²) in [7, 11) is 1.68. The minimum atomic E-state index is 0.516. The van der Waals surface area contributed by atoms with E-state index in [2.05, 4.69) is 29.6 Å². The van der Waals surface area contributed by atoms with Gasteiger partial charge in [-0.3, -0.25) is 4.99 Å². The lowest BCUT2D eigenvalue weighted by molar-refractivity contribution is 0.207. The van der Waals surface area contributed by atoms with Gasteiger partial charge in [0.1, 0.15) is 0 Å². The van der Waals surface area contributed by atoms with Crippen LogP contribution in [0.25, 0.3) is 11.3 Å². The minimum Gasteiger partial charge on any atom is -0.383 e. The standard InChI is InChI=1S/C26H29Cl2N3OS/c1-18(22-12-13-23(27)24(28)16-22)30-31-25(17-33-26(31)29-14-15-32-2)21-10-8-20(9-11-21)19-6-4-3-5-7-19/h8-13,16-17,19H,3-7,14-15H2,1-2H3/b29-26?,30-18-. The number of hydrogen-bond acceptors (Lipinski definition) is 4. The predicted octanol–water partition coefficient (Wildman–Crippen LogP) is 7.39. The third-order valence-electron chi connectivity index (χ3n) is 6.10. The van der Waals surface area contributed by atoms with E-state index >= 15 is 0 Å². The second kappa shape index (κ2) is 11.5. The van der Waals surface area contributed by atoms with Crippen molar-refractivity contribution in [3.05, 3.63) is 73.8 Å². The molecule has 0 atom stereocenters. The maximum Gasteiger partial charge on any atom is 0.206 e. The number of hydrogen-bond donors (Lipinski definition) is 0. The van der Waals surface area contributed by atoms with Crippen LogP contribution in [0.5, 0.6) is 0 Å². The Kier molecular flexibility index (Phi) is 8.42. The van der Waals surface area contributed by atoms with Crippen LogP contribution >= 0.6 is 34.5 Å². The number of halogens is 2. The van der Waals surface area contributed by atoms with Crippen molar-refractivity contribution in [2.45, 2.75) is 44.9 Å². The predicted molar refractivity (Wildman–Crippen MR) is 140 cm³/mol. The van der Waals surface area contributed by atoms with Gasteiger partial charge in [-0.05, 0) is 48.9 Å². The highest BCUT2D eigenvalue weighted by Gasteiger charge is 2.16. The number of benzene rings is 2. The lowest BCUT2D eigenvalue weighted by atomic mass is 9.84. The van der Waals surface area contributed by atoms with Gasteiger partial charge in [-0.15, -0.1) is 11.3 Å². The number of rotatable bonds is 7. The molecule has 174 valence electrons. The second-order valence-corrected chi connectivity index (χ2v) is 10.0. The Morgan fingerprint density at radius 2 is 1.82 bits per heavy atom. The molecule has 0 radical (unpaired) electrons. The summed E-state index contributed by atoms with van der Waals surface area (Å²) < 4.78 is 7.10. The van der Waals surface area contributed by atoms with E-state index < -0.39 is 0 Å². The van der Waals surface area contributed by atoms with Crippen LogP contribution in [0, 0.1) is 0 Å². The Labute approximate surface area is 209 Å². The van der Waals surface area contributed by atoms with E-state index in [4.69, 9.17) is 38.0 Å². The highest BCUT2D eigenvalue weighted by atomic mass is 35.5. The van der Waals surface area contributed by atoms with Crippen LogP contribution in [-0.2, 0) is 4.74 Å². The molecule has 1 aliphatic carbocycles. The SMILES string of the molecule is COCCN=c1scc(-c2ccc(C3CCCCC3)cc2)n1/N=C(/C)c1ccc(Cl)c(Cl)c1. The zero-order valence-corrected chi connectivity index (χ0v) is 21.4. The Morgan fingerprint density at radius 3 is 2.52 bits per heavy atom. The Bertz CT molecular complexity index is 1170. The number of nitrogens with zero attached hydrogens (tertiary/aromatic N) is 3. The summed E-state index contributed by atoms with van der Waals surface area (Å²) in [4.78, 5) is 5.55. The number of ether oxygens (including phenoxy) is 1. The van der Waals surface area contributed by atoms with Crippen LogP contribution in [-0.4, -0.2) is 30.6 Å². The van der Waals surface area contributed by atoms with Crippen LogP contribution in [0.3, 0.4) is 0 Å². The highest BCUT2D eigenvalue weighted by molar-refractivity contribution is 7.07. The number of methoxy groups -OCH3 is 1. The molecule has 7 heteroatoms. The Balaban J connectivity index is 1.71. The summed E-state index contributed by atoms with van der Waals surface area (Å²) in [5, 5.41) is 8.10. The molecule has 0 spiro atoms. The van der Waals surface area contributed by atoms with Crippen molar-refractivity contribution >= 4 is 40.3 Å². The number of aromatic nitrogens is 1. The van der Waals surface area contributed by atoms with E-state index in [-0.39, 0.29) is 0 Å². The van der Waals surface area contributed by atoms with E-state index in [9.17, 15) is 0 Å². The van der Waals surface area contributed by atoms with Crippen molar-refractivity contribution in [3.8, 4) is 11.3 Å². The molecular formula is C26H29Cl2N3OS. The van der Waals surface area contributed by atoms with Gasteiger partial charge in [0.25, 0.3) is 0 Å². The summed E-state index contributed by atoms with van der Waals surface area (Å²) in [6, 6.07) is 14.6. The third kappa shape index (κ3) is 5.96. The van der Waals surface area contributed by atoms with Crippen LogP contribution < -0.4 is 4.80 Å². The van der Waals surface area contributed by atoms with E-state index in [1.165, 1.54) is 37.7 Å². The molecule has 0 aliphatic heterocycles. The zero-order chi connectivity index (χ0) is 23.2. The Hall–Kier alpha value is -1.92. The van der Waals surface area contributed by atoms with E-state index in [0.29, 0.717) is 29.1 Å². The van der Waals surface area contributed by atoms with Crippen LogP contribution in [0.4, 0.5) is 0 Å². The summed E-state index contributed by atoms with van der Waals surface area (Å²) in [5.41, 5.74) is 5.35. The fourth-order valence-electron chi connectivity index (χ4n) is 4.23. The maximum atomic E-state index is 6.24. The molecule has 33 heavy (non-hydrogen) atoms. The fourth-order valence-corrected chi connectivity index (χ4v) is 5.38. The smallest absolute Gasteiger partial charge is 0.206 e. The van der Waals surface area contributed by atoms with Crippen molar-refractivity contribution in [2.24, 2.45) is 10.1 Å². The molecule has 1 fully saturated rings. The summed E-state index contributed by atoms with van der Waals surface area (Å²) in [6.45, 7) is 3.12. The number of thiazole rings is 1. The van der Waals surface area contributed by atoms with Gasteiger partial charge in [0, 0.05) is 18.1 Å². The first-order chi connectivity index (χ1) is 16.1.